The molecule has 1 aliphatic heterocycles. The van der Waals surface area contributed by atoms with Crippen molar-refractivity contribution in [2.75, 3.05) is 13.1 Å². The van der Waals surface area contributed by atoms with Crippen molar-refractivity contribution in [3.63, 3.8) is 0 Å². The molecule has 1 heterocycles. The van der Waals surface area contributed by atoms with Crippen LogP contribution in [0.3, 0.4) is 0 Å². The van der Waals surface area contributed by atoms with Crippen LogP contribution in [0.4, 0.5) is 0 Å². The summed E-state index contributed by atoms with van der Waals surface area (Å²) in [5, 5.41) is 18.8. The Morgan fingerprint density at radius 2 is 2.27 bits per heavy atom. The first-order valence-corrected chi connectivity index (χ1v) is 5.42. The molecular weight excluding hydrogens is 190 g/mol. The zero-order valence-electron chi connectivity index (χ0n) is 8.76. The maximum atomic E-state index is 9.52. The summed E-state index contributed by atoms with van der Waals surface area (Å²) in [5.41, 5.74) is 1.10. The summed E-state index contributed by atoms with van der Waals surface area (Å²) in [6.45, 7) is 2.59. The molecule has 0 saturated carbocycles. The van der Waals surface area contributed by atoms with Crippen LogP contribution in [0.25, 0.3) is 0 Å². The minimum absolute atomic E-state index is 0.184. The van der Waals surface area contributed by atoms with Crippen molar-refractivity contribution in [2.24, 2.45) is 0 Å². The molecule has 0 amide bonds. The number of aromatic hydroxyl groups is 1. The van der Waals surface area contributed by atoms with Crippen molar-refractivity contribution in [1.82, 2.24) is 4.90 Å². The maximum absolute atomic E-state index is 9.52. The molecule has 1 aromatic rings. The lowest BCUT2D eigenvalue weighted by atomic mass is 10.1. The van der Waals surface area contributed by atoms with Gasteiger partial charge in [0.15, 0.2) is 0 Å². The number of piperidine rings is 1. The number of hydrogen-bond donors (Lipinski definition) is 2. The second kappa shape index (κ2) is 4.64. The number of benzene rings is 1. The summed E-state index contributed by atoms with van der Waals surface area (Å²) < 4.78 is 0. The summed E-state index contributed by atoms with van der Waals surface area (Å²) in [6, 6.07) is 7.31. The fourth-order valence-corrected chi connectivity index (χ4v) is 2.09. The molecule has 3 heteroatoms. The van der Waals surface area contributed by atoms with Crippen molar-refractivity contribution in [1.29, 1.82) is 0 Å². The average molecular weight is 207 g/mol. The van der Waals surface area contributed by atoms with E-state index in [9.17, 15) is 10.2 Å². The second-order valence-corrected chi connectivity index (χ2v) is 4.20. The molecule has 1 aromatic carbocycles. The Labute approximate surface area is 90.0 Å². The zero-order chi connectivity index (χ0) is 10.7. The molecule has 0 aliphatic carbocycles. The number of phenols is 1. The van der Waals surface area contributed by atoms with Crippen molar-refractivity contribution in [2.45, 2.75) is 25.5 Å². The van der Waals surface area contributed by atoms with Gasteiger partial charge in [0.05, 0.1) is 6.10 Å². The number of hydrogen-bond acceptors (Lipinski definition) is 3. The molecule has 1 fully saturated rings. The number of aliphatic hydroxyl groups excluding tert-OH is 1. The number of β-amino-alcohol motifs (C(OH)–C–C–N with tert-alkyl or cyclic N) is 1. The van der Waals surface area contributed by atoms with E-state index in [0.29, 0.717) is 5.75 Å². The van der Waals surface area contributed by atoms with E-state index in [1.807, 2.05) is 12.1 Å². The van der Waals surface area contributed by atoms with Gasteiger partial charge >= 0.3 is 0 Å². The summed E-state index contributed by atoms with van der Waals surface area (Å²) >= 11 is 0. The van der Waals surface area contributed by atoms with E-state index < -0.39 is 0 Å². The molecule has 2 N–H and O–H groups in total. The minimum Gasteiger partial charge on any atom is -0.508 e. The molecule has 1 aliphatic rings. The number of nitrogens with zero attached hydrogens (tertiary/aromatic N) is 1. The predicted octanol–water partition coefficient (Wildman–Crippen LogP) is 1.35. The lowest BCUT2D eigenvalue weighted by molar-refractivity contribution is 0.0668. The van der Waals surface area contributed by atoms with E-state index in [4.69, 9.17) is 0 Å². The average Bonchev–Trinajstić information content (AvgIpc) is 2.17. The van der Waals surface area contributed by atoms with E-state index in [0.717, 1.165) is 38.0 Å². The van der Waals surface area contributed by atoms with Crippen LogP contribution >= 0.6 is 0 Å². The topological polar surface area (TPSA) is 43.7 Å². The Balaban J connectivity index is 1.96. The highest BCUT2D eigenvalue weighted by Crippen LogP contribution is 2.16. The molecule has 82 valence electrons. The third-order valence-corrected chi connectivity index (χ3v) is 2.80. The third-order valence-electron chi connectivity index (χ3n) is 2.80. The van der Waals surface area contributed by atoms with Crippen LogP contribution in [0.1, 0.15) is 18.4 Å². The van der Waals surface area contributed by atoms with Crippen molar-refractivity contribution in [3.8, 4) is 5.75 Å². The second-order valence-electron chi connectivity index (χ2n) is 4.20. The van der Waals surface area contributed by atoms with Gasteiger partial charge in [-0.15, -0.1) is 0 Å². The number of likely N-dealkylation sites (tertiary alicyclic amines) is 1. The zero-order valence-corrected chi connectivity index (χ0v) is 8.76. The summed E-state index contributed by atoms with van der Waals surface area (Å²) in [4.78, 5) is 2.23. The van der Waals surface area contributed by atoms with Crippen LogP contribution in [0.2, 0.25) is 0 Å². The van der Waals surface area contributed by atoms with Gasteiger partial charge in [0.25, 0.3) is 0 Å². The van der Waals surface area contributed by atoms with Gasteiger partial charge < -0.3 is 10.2 Å². The fraction of sp³-hybridized carbons (Fsp3) is 0.500. The molecular formula is C12H17NO2. The van der Waals surface area contributed by atoms with E-state index in [2.05, 4.69) is 4.90 Å². The van der Waals surface area contributed by atoms with Crippen LogP contribution in [0.5, 0.6) is 5.75 Å². The first kappa shape index (κ1) is 10.5. The normalized spacial score (nSPS) is 22.9. The highest BCUT2D eigenvalue weighted by Gasteiger charge is 2.17. The SMILES string of the molecule is Oc1cccc(CN2CCC[C@H](O)C2)c1. The standard InChI is InChI=1S/C12H17NO2/c14-11-4-1-3-10(7-11)8-13-6-2-5-12(15)9-13/h1,3-4,7,12,14-15H,2,5-6,8-9H2/t12-/m0/s1. The molecule has 2 rings (SSSR count). The summed E-state index contributed by atoms with van der Waals surface area (Å²) in [5.74, 6) is 0.310. The summed E-state index contributed by atoms with van der Waals surface area (Å²) in [7, 11) is 0. The van der Waals surface area contributed by atoms with Crippen LogP contribution in [0, 0.1) is 0 Å². The lowest BCUT2D eigenvalue weighted by Gasteiger charge is -2.29. The monoisotopic (exact) mass is 207 g/mol. The number of rotatable bonds is 2. The maximum Gasteiger partial charge on any atom is 0.115 e. The van der Waals surface area contributed by atoms with Crippen molar-refractivity contribution >= 4 is 0 Å². The smallest absolute Gasteiger partial charge is 0.115 e. The Morgan fingerprint density at radius 3 is 3.00 bits per heavy atom. The molecule has 0 bridgehead atoms. The Morgan fingerprint density at radius 1 is 1.40 bits per heavy atom. The van der Waals surface area contributed by atoms with Gasteiger partial charge in [-0.05, 0) is 37.1 Å². The highest BCUT2D eigenvalue weighted by molar-refractivity contribution is 5.27. The molecule has 15 heavy (non-hydrogen) atoms. The molecule has 1 saturated heterocycles. The molecule has 0 radical (unpaired) electrons. The molecule has 0 spiro atoms. The Hall–Kier alpha value is -1.06. The molecule has 3 nitrogen and oxygen atoms in total. The van der Waals surface area contributed by atoms with Gasteiger partial charge in [-0.1, -0.05) is 12.1 Å². The minimum atomic E-state index is -0.184. The van der Waals surface area contributed by atoms with E-state index in [-0.39, 0.29) is 6.10 Å². The quantitative estimate of drug-likeness (QED) is 0.769. The van der Waals surface area contributed by atoms with Gasteiger partial charge in [0.1, 0.15) is 5.75 Å². The van der Waals surface area contributed by atoms with E-state index in [1.54, 1.807) is 12.1 Å². The summed E-state index contributed by atoms with van der Waals surface area (Å²) in [6.07, 6.45) is 1.78. The first-order valence-electron chi connectivity index (χ1n) is 5.42. The molecule has 0 aromatic heterocycles. The lowest BCUT2D eigenvalue weighted by Crippen LogP contribution is -2.37. The number of phenolic OH excluding ortho intramolecular Hbond substituents is 1. The van der Waals surface area contributed by atoms with Crippen LogP contribution in [-0.4, -0.2) is 34.3 Å². The predicted molar refractivity (Wildman–Crippen MR) is 58.6 cm³/mol. The fourth-order valence-electron chi connectivity index (χ4n) is 2.09. The van der Waals surface area contributed by atoms with Gasteiger partial charge in [0.2, 0.25) is 0 Å². The van der Waals surface area contributed by atoms with Crippen LogP contribution in [0.15, 0.2) is 24.3 Å². The highest BCUT2D eigenvalue weighted by atomic mass is 16.3. The van der Waals surface area contributed by atoms with Crippen molar-refractivity contribution in [3.05, 3.63) is 29.8 Å². The molecule has 1 atom stereocenters. The Kier molecular flexibility index (Phi) is 3.23. The van der Waals surface area contributed by atoms with Crippen LogP contribution < -0.4 is 0 Å². The largest absolute Gasteiger partial charge is 0.508 e. The number of aliphatic hydroxyl groups is 1. The van der Waals surface area contributed by atoms with E-state index in [1.165, 1.54) is 0 Å². The van der Waals surface area contributed by atoms with Gasteiger partial charge in [-0.3, -0.25) is 4.90 Å². The first-order chi connectivity index (χ1) is 7.24. The third kappa shape index (κ3) is 2.94. The van der Waals surface area contributed by atoms with Gasteiger partial charge in [-0.2, -0.15) is 0 Å². The Bertz CT molecular complexity index is 327. The van der Waals surface area contributed by atoms with E-state index >= 15 is 0 Å². The van der Waals surface area contributed by atoms with Crippen molar-refractivity contribution < 1.29 is 10.2 Å². The molecule has 0 unspecified atom stereocenters. The van der Waals surface area contributed by atoms with Gasteiger partial charge in [0, 0.05) is 13.1 Å². The van der Waals surface area contributed by atoms with Gasteiger partial charge in [-0.25, -0.2) is 0 Å². The van der Waals surface area contributed by atoms with Crippen LogP contribution in [-0.2, 0) is 6.54 Å².